The Morgan fingerprint density at radius 3 is 2.67 bits per heavy atom. The minimum Gasteiger partial charge on any atom is -0.481 e. The van der Waals surface area contributed by atoms with Crippen LogP contribution < -0.4 is 10.6 Å². The normalized spacial score (nSPS) is 11.5. The molecule has 1 aromatic rings. The number of carboxylic acid groups (broad SMARTS) is 1. The van der Waals surface area contributed by atoms with Gasteiger partial charge in [0.05, 0.1) is 11.5 Å². The number of nitrogens with zero attached hydrogens (tertiary/aromatic N) is 1. The van der Waals surface area contributed by atoms with Gasteiger partial charge in [0.1, 0.15) is 5.69 Å². The SMILES string of the molecule is CC(CNC(=O)CNc1ccccc1[N+](=O)[O-])CC(=O)O. The maximum absolute atomic E-state index is 11.6. The van der Waals surface area contributed by atoms with Crippen LogP contribution in [0.2, 0.25) is 0 Å². The van der Waals surface area contributed by atoms with Gasteiger partial charge < -0.3 is 15.7 Å². The molecule has 3 N–H and O–H groups in total. The molecule has 1 amide bonds. The Morgan fingerprint density at radius 2 is 2.05 bits per heavy atom. The summed E-state index contributed by atoms with van der Waals surface area (Å²) < 4.78 is 0. The van der Waals surface area contributed by atoms with E-state index >= 15 is 0 Å². The van der Waals surface area contributed by atoms with Crippen molar-refractivity contribution in [3.05, 3.63) is 34.4 Å². The van der Waals surface area contributed by atoms with E-state index in [0.29, 0.717) is 0 Å². The van der Waals surface area contributed by atoms with Gasteiger partial charge >= 0.3 is 5.97 Å². The van der Waals surface area contributed by atoms with Gasteiger partial charge in [-0.2, -0.15) is 0 Å². The zero-order valence-electron chi connectivity index (χ0n) is 11.5. The van der Waals surface area contributed by atoms with Crippen molar-refractivity contribution in [3.63, 3.8) is 0 Å². The van der Waals surface area contributed by atoms with Crippen molar-refractivity contribution in [2.45, 2.75) is 13.3 Å². The van der Waals surface area contributed by atoms with Crippen molar-refractivity contribution in [2.24, 2.45) is 5.92 Å². The first kappa shape index (κ1) is 16.4. The van der Waals surface area contributed by atoms with Crippen molar-refractivity contribution in [1.29, 1.82) is 0 Å². The lowest BCUT2D eigenvalue weighted by molar-refractivity contribution is -0.383. The number of rotatable bonds is 8. The van der Waals surface area contributed by atoms with Crippen LogP contribution >= 0.6 is 0 Å². The Bertz CT molecular complexity index is 532. The molecule has 1 aromatic carbocycles. The second kappa shape index (κ2) is 7.83. The van der Waals surface area contributed by atoms with Gasteiger partial charge in [0.15, 0.2) is 0 Å². The van der Waals surface area contributed by atoms with E-state index in [0.717, 1.165) is 0 Å². The standard InChI is InChI=1S/C13H17N3O5/c1-9(6-13(18)19)7-15-12(17)8-14-10-4-2-3-5-11(10)16(20)21/h2-5,9,14H,6-8H2,1H3,(H,15,17)(H,18,19). The zero-order valence-corrected chi connectivity index (χ0v) is 11.5. The largest absolute Gasteiger partial charge is 0.481 e. The predicted octanol–water partition coefficient (Wildman–Crippen LogP) is 1.23. The van der Waals surface area contributed by atoms with E-state index in [9.17, 15) is 19.7 Å². The number of amides is 1. The Labute approximate surface area is 121 Å². The molecule has 1 atom stereocenters. The van der Waals surface area contributed by atoms with E-state index in [1.54, 1.807) is 13.0 Å². The lowest BCUT2D eigenvalue weighted by Gasteiger charge is -2.11. The summed E-state index contributed by atoms with van der Waals surface area (Å²) in [6.07, 6.45) is -0.0299. The van der Waals surface area contributed by atoms with Gasteiger partial charge in [-0.05, 0) is 12.0 Å². The van der Waals surface area contributed by atoms with E-state index < -0.39 is 10.9 Å². The molecule has 0 aliphatic carbocycles. The molecule has 0 heterocycles. The monoisotopic (exact) mass is 295 g/mol. The fourth-order valence-corrected chi connectivity index (χ4v) is 1.68. The number of carbonyl (C=O) groups excluding carboxylic acids is 1. The average Bonchev–Trinajstić information content (AvgIpc) is 2.42. The Morgan fingerprint density at radius 1 is 1.38 bits per heavy atom. The van der Waals surface area contributed by atoms with Crippen LogP contribution in [0.1, 0.15) is 13.3 Å². The summed E-state index contributed by atoms with van der Waals surface area (Å²) in [5.74, 6) is -1.46. The number of nitro benzene ring substituents is 1. The predicted molar refractivity (Wildman–Crippen MR) is 76.0 cm³/mol. The third kappa shape index (κ3) is 5.89. The second-order valence-corrected chi connectivity index (χ2v) is 4.63. The Balaban J connectivity index is 2.43. The summed E-state index contributed by atoms with van der Waals surface area (Å²) in [6, 6.07) is 6.02. The summed E-state index contributed by atoms with van der Waals surface area (Å²) in [7, 11) is 0. The first-order chi connectivity index (χ1) is 9.90. The van der Waals surface area contributed by atoms with Crippen LogP contribution in [0.5, 0.6) is 0 Å². The molecule has 1 unspecified atom stereocenters. The van der Waals surface area contributed by atoms with E-state index in [1.165, 1.54) is 18.2 Å². The molecule has 21 heavy (non-hydrogen) atoms. The highest BCUT2D eigenvalue weighted by Gasteiger charge is 2.13. The third-order valence-corrected chi connectivity index (χ3v) is 2.71. The van der Waals surface area contributed by atoms with Crippen LogP contribution in [-0.4, -0.2) is 35.0 Å². The highest BCUT2D eigenvalue weighted by molar-refractivity contribution is 5.81. The Kier molecular flexibility index (Phi) is 6.12. The van der Waals surface area contributed by atoms with E-state index in [4.69, 9.17) is 5.11 Å². The number of hydrogen-bond donors (Lipinski definition) is 3. The topological polar surface area (TPSA) is 122 Å². The number of hydrogen-bond acceptors (Lipinski definition) is 5. The fraction of sp³-hybridized carbons (Fsp3) is 0.385. The highest BCUT2D eigenvalue weighted by Crippen LogP contribution is 2.22. The average molecular weight is 295 g/mol. The van der Waals surface area contributed by atoms with Crippen LogP contribution in [0.15, 0.2) is 24.3 Å². The summed E-state index contributed by atoms with van der Waals surface area (Å²) in [6.45, 7) is 1.83. The van der Waals surface area contributed by atoms with E-state index in [-0.39, 0.29) is 42.7 Å². The summed E-state index contributed by atoms with van der Waals surface area (Å²) >= 11 is 0. The lowest BCUT2D eigenvalue weighted by Crippen LogP contribution is -2.33. The molecular formula is C13H17N3O5. The van der Waals surface area contributed by atoms with E-state index in [1.807, 2.05) is 0 Å². The van der Waals surface area contributed by atoms with Crippen molar-refractivity contribution in [2.75, 3.05) is 18.4 Å². The van der Waals surface area contributed by atoms with Gasteiger partial charge in [-0.15, -0.1) is 0 Å². The molecule has 8 nitrogen and oxygen atoms in total. The van der Waals surface area contributed by atoms with Crippen molar-refractivity contribution < 1.29 is 19.6 Å². The van der Waals surface area contributed by atoms with Gasteiger partial charge in [-0.3, -0.25) is 19.7 Å². The molecule has 0 fully saturated rings. The van der Waals surface area contributed by atoms with Crippen LogP contribution in [0.25, 0.3) is 0 Å². The van der Waals surface area contributed by atoms with Crippen LogP contribution in [-0.2, 0) is 9.59 Å². The number of anilines is 1. The van der Waals surface area contributed by atoms with Gasteiger partial charge in [-0.1, -0.05) is 19.1 Å². The van der Waals surface area contributed by atoms with Crippen molar-refractivity contribution in [3.8, 4) is 0 Å². The van der Waals surface area contributed by atoms with Gasteiger partial charge in [0.2, 0.25) is 5.91 Å². The number of aliphatic carboxylic acids is 1. The number of para-hydroxylation sites is 2. The van der Waals surface area contributed by atoms with Crippen LogP contribution in [0.3, 0.4) is 0 Å². The molecule has 0 spiro atoms. The molecular weight excluding hydrogens is 278 g/mol. The number of nitrogens with one attached hydrogen (secondary N) is 2. The number of nitro groups is 1. The van der Waals surface area contributed by atoms with Crippen molar-refractivity contribution >= 4 is 23.3 Å². The fourth-order valence-electron chi connectivity index (χ4n) is 1.68. The summed E-state index contributed by atoms with van der Waals surface area (Å²) in [5, 5.41) is 24.6. The maximum atomic E-state index is 11.6. The van der Waals surface area contributed by atoms with Gasteiger partial charge in [-0.25, -0.2) is 0 Å². The molecule has 0 radical (unpaired) electrons. The third-order valence-electron chi connectivity index (χ3n) is 2.71. The maximum Gasteiger partial charge on any atom is 0.303 e. The van der Waals surface area contributed by atoms with Crippen LogP contribution in [0, 0.1) is 16.0 Å². The van der Waals surface area contributed by atoms with Gasteiger partial charge in [0, 0.05) is 19.0 Å². The minimum atomic E-state index is -0.921. The Hall–Kier alpha value is -2.64. The molecule has 114 valence electrons. The molecule has 0 aliphatic rings. The second-order valence-electron chi connectivity index (χ2n) is 4.63. The molecule has 0 saturated carbocycles. The molecule has 0 aromatic heterocycles. The minimum absolute atomic E-state index is 0.0299. The number of carboxylic acids is 1. The van der Waals surface area contributed by atoms with E-state index in [2.05, 4.69) is 10.6 Å². The zero-order chi connectivity index (χ0) is 15.8. The van der Waals surface area contributed by atoms with Crippen LogP contribution in [0.4, 0.5) is 11.4 Å². The number of benzene rings is 1. The van der Waals surface area contributed by atoms with Gasteiger partial charge in [0.25, 0.3) is 5.69 Å². The van der Waals surface area contributed by atoms with Crippen molar-refractivity contribution in [1.82, 2.24) is 5.32 Å². The smallest absolute Gasteiger partial charge is 0.303 e. The number of carbonyl (C=O) groups is 2. The first-order valence-corrected chi connectivity index (χ1v) is 6.36. The quantitative estimate of drug-likeness (QED) is 0.490. The molecule has 0 saturated heterocycles. The molecule has 8 heteroatoms. The molecule has 0 aliphatic heterocycles. The first-order valence-electron chi connectivity index (χ1n) is 6.36. The summed E-state index contributed by atoms with van der Waals surface area (Å²) in [5.41, 5.74) is 0.153. The summed E-state index contributed by atoms with van der Waals surface area (Å²) in [4.78, 5) is 32.3. The lowest BCUT2D eigenvalue weighted by atomic mass is 10.1. The highest BCUT2D eigenvalue weighted by atomic mass is 16.6. The molecule has 1 rings (SSSR count). The molecule has 0 bridgehead atoms.